The molecule has 0 aromatic carbocycles. The number of likely N-dealkylation sites (tertiary alicyclic amines) is 1. The summed E-state index contributed by atoms with van der Waals surface area (Å²) >= 11 is 0. The first kappa shape index (κ1) is 11.0. The van der Waals surface area contributed by atoms with Gasteiger partial charge < -0.3 is 9.64 Å². The number of hydrogen-bond acceptors (Lipinski definition) is 3. The lowest BCUT2D eigenvalue weighted by Crippen LogP contribution is -2.46. The van der Waals surface area contributed by atoms with E-state index in [1.807, 2.05) is 12.3 Å². The van der Waals surface area contributed by atoms with Crippen molar-refractivity contribution in [1.29, 1.82) is 0 Å². The Morgan fingerprint density at radius 1 is 1.35 bits per heavy atom. The number of pyridine rings is 1. The summed E-state index contributed by atoms with van der Waals surface area (Å²) in [5.74, 6) is 0.866. The summed E-state index contributed by atoms with van der Waals surface area (Å²) in [7, 11) is 0. The van der Waals surface area contributed by atoms with Crippen LogP contribution in [0.4, 0.5) is 0 Å². The summed E-state index contributed by atoms with van der Waals surface area (Å²) < 4.78 is 5.76. The van der Waals surface area contributed by atoms with E-state index in [9.17, 15) is 0 Å². The first-order chi connectivity index (χ1) is 8.21. The summed E-state index contributed by atoms with van der Waals surface area (Å²) in [5.41, 5.74) is 1.58. The van der Waals surface area contributed by atoms with Gasteiger partial charge in [0.2, 0.25) is 5.88 Å². The van der Waals surface area contributed by atoms with E-state index < -0.39 is 0 Å². The predicted octanol–water partition coefficient (Wildman–Crippen LogP) is 2.22. The molecule has 1 aromatic rings. The SMILES string of the molecule is CC(C)N1CCC2(CC1)COc1ncccc12. The molecule has 0 amide bonds. The molecule has 0 saturated carbocycles. The first-order valence-corrected chi connectivity index (χ1v) is 6.54. The Balaban J connectivity index is 1.82. The van der Waals surface area contributed by atoms with Gasteiger partial charge in [0.1, 0.15) is 0 Å². The maximum absolute atomic E-state index is 5.76. The summed E-state index contributed by atoms with van der Waals surface area (Å²) in [4.78, 5) is 6.88. The standard InChI is InChI=1S/C14H20N2O/c1-11(2)16-8-5-14(6-9-16)10-17-13-12(14)4-3-7-15-13/h3-4,7,11H,5-6,8-10H2,1-2H3. The maximum atomic E-state index is 5.76. The van der Waals surface area contributed by atoms with Crippen LogP contribution in [0.15, 0.2) is 18.3 Å². The fraction of sp³-hybridized carbons (Fsp3) is 0.643. The highest BCUT2D eigenvalue weighted by atomic mass is 16.5. The van der Waals surface area contributed by atoms with Crippen molar-refractivity contribution in [3.63, 3.8) is 0 Å². The third kappa shape index (κ3) is 1.73. The number of piperidine rings is 1. The lowest BCUT2D eigenvalue weighted by Gasteiger charge is -2.40. The number of fused-ring (bicyclic) bond motifs is 2. The number of rotatable bonds is 1. The zero-order valence-electron chi connectivity index (χ0n) is 10.6. The molecule has 17 heavy (non-hydrogen) atoms. The molecule has 1 saturated heterocycles. The third-order valence-electron chi connectivity index (χ3n) is 4.31. The average Bonchev–Trinajstić information content (AvgIpc) is 2.70. The number of nitrogens with zero attached hydrogens (tertiary/aromatic N) is 2. The molecule has 0 atom stereocenters. The molecule has 92 valence electrons. The second kappa shape index (κ2) is 3.98. The van der Waals surface area contributed by atoms with Crippen molar-refractivity contribution in [2.24, 2.45) is 0 Å². The fourth-order valence-corrected chi connectivity index (χ4v) is 3.08. The van der Waals surface area contributed by atoms with Crippen LogP contribution in [-0.2, 0) is 5.41 Å². The van der Waals surface area contributed by atoms with E-state index in [0.29, 0.717) is 6.04 Å². The Labute approximate surface area is 103 Å². The Morgan fingerprint density at radius 3 is 2.82 bits per heavy atom. The molecule has 1 fully saturated rings. The molecule has 3 heteroatoms. The van der Waals surface area contributed by atoms with Crippen molar-refractivity contribution in [1.82, 2.24) is 9.88 Å². The molecule has 2 aliphatic rings. The van der Waals surface area contributed by atoms with Crippen LogP contribution >= 0.6 is 0 Å². The Bertz CT molecular complexity index is 408. The second-order valence-electron chi connectivity index (χ2n) is 5.55. The quantitative estimate of drug-likeness (QED) is 0.742. The third-order valence-corrected chi connectivity index (χ3v) is 4.31. The molecule has 3 heterocycles. The van der Waals surface area contributed by atoms with Crippen molar-refractivity contribution in [3.8, 4) is 5.88 Å². The molecule has 3 rings (SSSR count). The van der Waals surface area contributed by atoms with Gasteiger partial charge in [-0.25, -0.2) is 4.98 Å². The van der Waals surface area contributed by atoms with Crippen LogP contribution in [0.25, 0.3) is 0 Å². The van der Waals surface area contributed by atoms with Gasteiger partial charge in [0, 0.05) is 23.2 Å². The minimum absolute atomic E-state index is 0.245. The van der Waals surface area contributed by atoms with Gasteiger partial charge in [-0.1, -0.05) is 6.07 Å². The molecule has 0 radical (unpaired) electrons. The summed E-state index contributed by atoms with van der Waals surface area (Å²) in [6.45, 7) is 7.73. The fourth-order valence-electron chi connectivity index (χ4n) is 3.08. The summed E-state index contributed by atoms with van der Waals surface area (Å²) in [6, 6.07) is 4.88. The van der Waals surface area contributed by atoms with Gasteiger partial charge in [-0.2, -0.15) is 0 Å². The van der Waals surface area contributed by atoms with E-state index >= 15 is 0 Å². The lowest BCUT2D eigenvalue weighted by molar-refractivity contribution is 0.112. The van der Waals surface area contributed by atoms with E-state index in [1.165, 1.54) is 31.5 Å². The van der Waals surface area contributed by atoms with Gasteiger partial charge in [-0.3, -0.25) is 0 Å². The van der Waals surface area contributed by atoms with Crippen molar-refractivity contribution in [3.05, 3.63) is 23.9 Å². The summed E-state index contributed by atoms with van der Waals surface area (Å²) in [5, 5.41) is 0. The highest BCUT2D eigenvalue weighted by Crippen LogP contribution is 2.44. The van der Waals surface area contributed by atoms with Crippen molar-refractivity contribution >= 4 is 0 Å². The molecule has 0 unspecified atom stereocenters. The smallest absolute Gasteiger partial charge is 0.217 e. The molecular formula is C14H20N2O. The summed E-state index contributed by atoms with van der Waals surface area (Å²) in [6.07, 6.45) is 4.22. The van der Waals surface area contributed by atoms with Crippen LogP contribution < -0.4 is 4.74 Å². The Kier molecular flexibility index (Phi) is 2.58. The Hall–Kier alpha value is -1.09. The number of ether oxygens (including phenoxy) is 1. The van der Waals surface area contributed by atoms with Crippen LogP contribution in [0.2, 0.25) is 0 Å². The molecule has 0 bridgehead atoms. The zero-order valence-corrected chi connectivity index (χ0v) is 10.6. The van der Waals surface area contributed by atoms with Crippen LogP contribution in [0, 0.1) is 0 Å². The largest absolute Gasteiger partial charge is 0.476 e. The normalized spacial score (nSPS) is 22.8. The van der Waals surface area contributed by atoms with Crippen molar-refractivity contribution in [2.75, 3.05) is 19.7 Å². The highest BCUT2D eigenvalue weighted by molar-refractivity contribution is 5.38. The molecule has 2 aliphatic heterocycles. The number of aromatic nitrogens is 1. The average molecular weight is 232 g/mol. The van der Waals surface area contributed by atoms with Crippen LogP contribution in [0.1, 0.15) is 32.3 Å². The molecule has 0 N–H and O–H groups in total. The lowest BCUT2D eigenvalue weighted by atomic mass is 9.75. The minimum Gasteiger partial charge on any atom is -0.476 e. The van der Waals surface area contributed by atoms with Crippen molar-refractivity contribution < 1.29 is 4.74 Å². The van der Waals surface area contributed by atoms with Gasteiger partial charge in [-0.15, -0.1) is 0 Å². The highest BCUT2D eigenvalue weighted by Gasteiger charge is 2.43. The second-order valence-corrected chi connectivity index (χ2v) is 5.55. The molecular weight excluding hydrogens is 212 g/mol. The van der Waals surface area contributed by atoms with E-state index in [-0.39, 0.29) is 5.41 Å². The van der Waals surface area contributed by atoms with E-state index in [1.54, 1.807) is 0 Å². The monoisotopic (exact) mass is 232 g/mol. The van der Waals surface area contributed by atoms with E-state index in [0.717, 1.165) is 12.5 Å². The van der Waals surface area contributed by atoms with E-state index in [4.69, 9.17) is 4.74 Å². The molecule has 3 nitrogen and oxygen atoms in total. The van der Waals surface area contributed by atoms with Crippen molar-refractivity contribution in [2.45, 2.75) is 38.1 Å². The Morgan fingerprint density at radius 2 is 2.12 bits per heavy atom. The first-order valence-electron chi connectivity index (χ1n) is 6.54. The van der Waals surface area contributed by atoms with Crippen LogP contribution in [-0.4, -0.2) is 35.6 Å². The number of hydrogen-bond donors (Lipinski definition) is 0. The van der Waals surface area contributed by atoms with Gasteiger partial charge in [-0.05, 0) is 45.8 Å². The molecule has 1 aromatic heterocycles. The van der Waals surface area contributed by atoms with Gasteiger partial charge >= 0.3 is 0 Å². The maximum Gasteiger partial charge on any atom is 0.217 e. The van der Waals surface area contributed by atoms with E-state index in [2.05, 4.69) is 29.8 Å². The van der Waals surface area contributed by atoms with Gasteiger partial charge in [0.15, 0.2) is 0 Å². The zero-order chi connectivity index (χ0) is 11.9. The van der Waals surface area contributed by atoms with Crippen LogP contribution in [0.3, 0.4) is 0 Å². The minimum atomic E-state index is 0.245. The van der Waals surface area contributed by atoms with Gasteiger partial charge in [0.25, 0.3) is 0 Å². The van der Waals surface area contributed by atoms with Gasteiger partial charge in [0.05, 0.1) is 6.61 Å². The molecule has 0 aliphatic carbocycles. The van der Waals surface area contributed by atoms with Crippen LogP contribution in [0.5, 0.6) is 5.88 Å². The molecule has 1 spiro atoms. The topological polar surface area (TPSA) is 25.4 Å². The predicted molar refractivity (Wildman–Crippen MR) is 67.4 cm³/mol.